The molecule has 2 aromatic heterocycles. The quantitative estimate of drug-likeness (QED) is 0.739. The summed E-state index contributed by atoms with van der Waals surface area (Å²) in [5.74, 6) is -0.186. The summed E-state index contributed by atoms with van der Waals surface area (Å²) in [5, 5.41) is 9.02. The molecular formula is C20H20N4O2S. The first kappa shape index (κ1) is 17.5. The van der Waals surface area contributed by atoms with Crippen molar-refractivity contribution in [3.8, 4) is 0 Å². The number of benzene rings is 1. The van der Waals surface area contributed by atoms with Crippen molar-refractivity contribution in [3.05, 3.63) is 70.7 Å². The molecule has 1 fully saturated rings. The summed E-state index contributed by atoms with van der Waals surface area (Å²) in [5.41, 5.74) is 1.84. The van der Waals surface area contributed by atoms with Gasteiger partial charge in [-0.15, -0.1) is 11.3 Å². The van der Waals surface area contributed by atoms with Gasteiger partial charge in [-0.2, -0.15) is 5.10 Å². The molecule has 1 aromatic carbocycles. The molecule has 3 heterocycles. The average molecular weight is 380 g/mol. The van der Waals surface area contributed by atoms with E-state index in [1.165, 1.54) is 11.3 Å². The van der Waals surface area contributed by atoms with Crippen LogP contribution in [0.5, 0.6) is 0 Å². The number of amides is 2. The lowest BCUT2D eigenvalue weighted by atomic mass is 10.1. The molecule has 3 aromatic rings. The van der Waals surface area contributed by atoms with Crippen molar-refractivity contribution in [2.24, 2.45) is 0 Å². The third-order valence-corrected chi connectivity index (χ3v) is 5.53. The van der Waals surface area contributed by atoms with Gasteiger partial charge in [0.25, 0.3) is 5.91 Å². The Kier molecular flexibility index (Phi) is 5.02. The van der Waals surface area contributed by atoms with Gasteiger partial charge < -0.3 is 10.2 Å². The molecule has 2 amide bonds. The minimum absolute atomic E-state index is 0.0581. The Morgan fingerprint density at radius 3 is 2.74 bits per heavy atom. The number of carbonyl (C=O) groups is 2. The number of rotatable bonds is 5. The molecule has 138 valence electrons. The summed E-state index contributed by atoms with van der Waals surface area (Å²) >= 11 is 1.41. The molecule has 0 bridgehead atoms. The van der Waals surface area contributed by atoms with Gasteiger partial charge in [0.1, 0.15) is 6.04 Å². The molecule has 0 spiro atoms. The highest BCUT2D eigenvalue weighted by Crippen LogP contribution is 2.23. The fourth-order valence-corrected chi connectivity index (χ4v) is 4.00. The van der Waals surface area contributed by atoms with E-state index in [9.17, 15) is 9.59 Å². The number of hydrogen-bond acceptors (Lipinski definition) is 4. The van der Waals surface area contributed by atoms with E-state index in [0.717, 1.165) is 17.7 Å². The molecule has 0 unspecified atom stereocenters. The van der Waals surface area contributed by atoms with Crippen molar-refractivity contribution in [1.82, 2.24) is 14.7 Å². The fraction of sp³-hybridized carbons (Fsp3) is 0.250. The highest BCUT2D eigenvalue weighted by molar-refractivity contribution is 7.12. The Labute approximate surface area is 161 Å². The number of hydrogen-bond donors (Lipinski definition) is 1. The molecule has 1 aliphatic heterocycles. The monoisotopic (exact) mass is 380 g/mol. The third-order valence-electron chi connectivity index (χ3n) is 4.67. The Balaban J connectivity index is 1.40. The molecule has 1 atom stereocenters. The zero-order chi connectivity index (χ0) is 18.6. The van der Waals surface area contributed by atoms with Crippen LogP contribution in [0.25, 0.3) is 0 Å². The standard InChI is InChI=1S/C20H20N4O2S/c25-19(17-4-1-12-24(17)20(26)18-5-2-13-27-18)22-16-8-6-15(7-9-16)14-23-11-3-10-21-23/h2-3,5-11,13,17H,1,4,12,14H2,(H,22,25)/t17-/m0/s1. The molecular weight excluding hydrogens is 360 g/mol. The lowest BCUT2D eigenvalue weighted by Crippen LogP contribution is -2.42. The number of nitrogens with one attached hydrogen (secondary N) is 1. The summed E-state index contributed by atoms with van der Waals surface area (Å²) in [6, 6.07) is 12.9. The summed E-state index contributed by atoms with van der Waals surface area (Å²) in [7, 11) is 0. The number of anilines is 1. The van der Waals surface area contributed by atoms with Crippen LogP contribution in [0, 0.1) is 0 Å². The smallest absolute Gasteiger partial charge is 0.264 e. The lowest BCUT2D eigenvalue weighted by molar-refractivity contribution is -0.119. The van der Waals surface area contributed by atoms with Crippen LogP contribution in [-0.2, 0) is 11.3 Å². The maximum absolute atomic E-state index is 12.7. The number of thiophene rings is 1. The average Bonchev–Trinajstić information content (AvgIpc) is 3.44. The largest absolute Gasteiger partial charge is 0.326 e. The number of aromatic nitrogens is 2. The van der Waals surface area contributed by atoms with E-state index < -0.39 is 6.04 Å². The second-order valence-corrected chi connectivity index (χ2v) is 7.47. The SMILES string of the molecule is O=C(Nc1ccc(Cn2cccn2)cc1)[C@@H]1CCCN1C(=O)c1cccs1. The molecule has 1 saturated heterocycles. The molecule has 1 aliphatic rings. The van der Waals surface area contributed by atoms with Gasteiger partial charge in [-0.25, -0.2) is 0 Å². The zero-order valence-corrected chi connectivity index (χ0v) is 15.6. The van der Waals surface area contributed by atoms with E-state index in [4.69, 9.17) is 0 Å². The fourth-order valence-electron chi connectivity index (χ4n) is 3.32. The third kappa shape index (κ3) is 3.93. The first-order valence-corrected chi connectivity index (χ1v) is 9.80. The minimum atomic E-state index is -0.414. The highest BCUT2D eigenvalue weighted by Gasteiger charge is 2.34. The van der Waals surface area contributed by atoms with Gasteiger partial charge >= 0.3 is 0 Å². The Hall–Kier alpha value is -2.93. The molecule has 4 rings (SSSR count). The second kappa shape index (κ2) is 7.75. The molecule has 0 radical (unpaired) electrons. The number of likely N-dealkylation sites (tertiary alicyclic amines) is 1. The molecule has 1 N–H and O–H groups in total. The van der Waals surface area contributed by atoms with Crippen LogP contribution in [0.3, 0.4) is 0 Å². The first-order chi connectivity index (χ1) is 13.2. The number of carbonyl (C=O) groups excluding carboxylic acids is 2. The Morgan fingerprint density at radius 2 is 2.04 bits per heavy atom. The second-order valence-electron chi connectivity index (χ2n) is 6.52. The van der Waals surface area contributed by atoms with Crippen molar-refractivity contribution in [2.75, 3.05) is 11.9 Å². The highest BCUT2D eigenvalue weighted by atomic mass is 32.1. The van der Waals surface area contributed by atoms with Crippen LogP contribution >= 0.6 is 11.3 Å². The Morgan fingerprint density at radius 1 is 1.19 bits per heavy atom. The van der Waals surface area contributed by atoms with Crippen molar-refractivity contribution in [2.45, 2.75) is 25.4 Å². The summed E-state index contributed by atoms with van der Waals surface area (Å²) in [6.07, 6.45) is 5.20. The predicted molar refractivity (Wildman–Crippen MR) is 105 cm³/mol. The van der Waals surface area contributed by atoms with E-state index in [1.54, 1.807) is 17.2 Å². The van der Waals surface area contributed by atoms with E-state index in [-0.39, 0.29) is 11.8 Å². The van der Waals surface area contributed by atoms with E-state index >= 15 is 0 Å². The van der Waals surface area contributed by atoms with Gasteiger partial charge in [0.15, 0.2) is 0 Å². The first-order valence-electron chi connectivity index (χ1n) is 8.92. The van der Waals surface area contributed by atoms with E-state index in [1.807, 2.05) is 52.7 Å². The minimum Gasteiger partial charge on any atom is -0.326 e. The maximum atomic E-state index is 12.7. The molecule has 7 heteroatoms. The topological polar surface area (TPSA) is 67.2 Å². The molecule has 27 heavy (non-hydrogen) atoms. The van der Waals surface area contributed by atoms with Crippen molar-refractivity contribution >= 4 is 28.8 Å². The molecule has 6 nitrogen and oxygen atoms in total. The van der Waals surface area contributed by atoms with Crippen LogP contribution in [-0.4, -0.2) is 39.1 Å². The van der Waals surface area contributed by atoms with Crippen LogP contribution in [0.1, 0.15) is 28.1 Å². The normalized spacial score (nSPS) is 16.4. The predicted octanol–water partition coefficient (Wildman–Crippen LogP) is 3.24. The van der Waals surface area contributed by atoms with Crippen LogP contribution in [0.15, 0.2) is 60.2 Å². The lowest BCUT2D eigenvalue weighted by Gasteiger charge is -2.23. The number of nitrogens with zero attached hydrogens (tertiary/aromatic N) is 3. The summed E-state index contributed by atoms with van der Waals surface area (Å²) in [6.45, 7) is 1.31. The van der Waals surface area contributed by atoms with Gasteiger partial charge in [-0.05, 0) is 48.1 Å². The van der Waals surface area contributed by atoms with Gasteiger partial charge in [-0.3, -0.25) is 14.3 Å². The van der Waals surface area contributed by atoms with Crippen LogP contribution < -0.4 is 5.32 Å². The van der Waals surface area contributed by atoms with E-state index in [0.29, 0.717) is 24.4 Å². The molecule has 0 saturated carbocycles. The summed E-state index contributed by atoms with van der Waals surface area (Å²) in [4.78, 5) is 27.7. The van der Waals surface area contributed by atoms with Gasteiger partial charge in [-0.1, -0.05) is 18.2 Å². The van der Waals surface area contributed by atoms with Gasteiger partial charge in [0.05, 0.1) is 11.4 Å². The van der Waals surface area contributed by atoms with Crippen molar-refractivity contribution < 1.29 is 9.59 Å². The maximum Gasteiger partial charge on any atom is 0.264 e. The summed E-state index contributed by atoms with van der Waals surface area (Å²) < 4.78 is 1.85. The Bertz CT molecular complexity index is 904. The van der Waals surface area contributed by atoms with Crippen LogP contribution in [0.2, 0.25) is 0 Å². The zero-order valence-electron chi connectivity index (χ0n) is 14.7. The van der Waals surface area contributed by atoms with Gasteiger partial charge in [0.2, 0.25) is 5.91 Å². The molecule has 0 aliphatic carbocycles. The van der Waals surface area contributed by atoms with Crippen LogP contribution in [0.4, 0.5) is 5.69 Å². The van der Waals surface area contributed by atoms with E-state index in [2.05, 4.69) is 10.4 Å². The van der Waals surface area contributed by atoms with Crippen molar-refractivity contribution in [3.63, 3.8) is 0 Å². The van der Waals surface area contributed by atoms with Gasteiger partial charge in [0, 0.05) is 24.6 Å². The van der Waals surface area contributed by atoms with Crippen molar-refractivity contribution in [1.29, 1.82) is 0 Å².